The van der Waals surface area contributed by atoms with Gasteiger partial charge in [0.05, 0.1) is 23.1 Å². The van der Waals surface area contributed by atoms with Crippen LogP contribution in [0, 0.1) is 18.3 Å². The summed E-state index contributed by atoms with van der Waals surface area (Å²) in [5.74, 6) is 0.946. The zero-order valence-corrected chi connectivity index (χ0v) is 11.3. The largest absolute Gasteiger partial charge is 0.313 e. The van der Waals surface area contributed by atoms with Gasteiger partial charge in [-0.15, -0.1) is 0 Å². The maximum atomic E-state index is 8.98. The van der Waals surface area contributed by atoms with Gasteiger partial charge in [0.2, 0.25) is 0 Å². The van der Waals surface area contributed by atoms with Gasteiger partial charge in [0.15, 0.2) is 0 Å². The molecule has 0 aliphatic rings. The third kappa shape index (κ3) is 2.09. The lowest BCUT2D eigenvalue weighted by Gasteiger charge is -2.19. The van der Waals surface area contributed by atoms with Crippen molar-refractivity contribution >= 4 is 11.0 Å². The Hall–Kier alpha value is -1.86. The predicted octanol–water partition coefficient (Wildman–Crippen LogP) is 2.49. The highest BCUT2D eigenvalue weighted by Gasteiger charge is 2.17. The van der Waals surface area contributed by atoms with Crippen LogP contribution in [0.25, 0.3) is 11.0 Å². The highest BCUT2D eigenvalue weighted by atomic mass is 15.2. The van der Waals surface area contributed by atoms with E-state index in [1.165, 1.54) is 5.56 Å². The van der Waals surface area contributed by atoms with E-state index < -0.39 is 0 Å². The number of aryl methyl sites for hydroxylation is 1. The molecule has 0 saturated heterocycles. The van der Waals surface area contributed by atoms with Crippen LogP contribution < -0.4 is 0 Å². The molecule has 0 aliphatic heterocycles. The molecule has 18 heavy (non-hydrogen) atoms. The van der Waals surface area contributed by atoms with Gasteiger partial charge in [-0.05, 0) is 45.6 Å². The number of hydrogen-bond acceptors (Lipinski definition) is 3. The minimum atomic E-state index is 0.186. The summed E-state index contributed by atoms with van der Waals surface area (Å²) in [5, 5.41) is 8.98. The van der Waals surface area contributed by atoms with Crippen molar-refractivity contribution in [2.45, 2.75) is 26.4 Å². The normalized spacial score (nSPS) is 12.9. The maximum absolute atomic E-state index is 8.98. The third-order valence-electron chi connectivity index (χ3n) is 3.31. The van der Waals surface area contributed by atoms with Crippen LogP contribution in [0.1, 0.15) is 24.4 Å². The average Bonchev–Trinajstić information content (AvgIpc) is 2.66. The highest BCUT2D eigenvalue weighted by molar-refractivity contribution is 5.77. The molecule has 1 atom stereocenters. The zero-order valence-electron chi connectivity index (χ0n) is 11.3. The first-order valence-electron chi connectivity index (χ1n) is 6.04. The van der Waals surface area contributed by atoms with Gasteiger partial charge in [0.25, 0.3) is 0 Å². The summed E-state index contributed by atoms with van der Waals surface area (Å²) < 4.78 is 2.00. The summed E-state index contributed by atoms with van der Waals surface area (Å²) in [5.41, 5.74) is 3.19. The second-order valence-corrected chi connectivity index (χ2v) is 4.85. The predicted molar refractivity (Wildman–Crippen MR) is 72.2 cm³/mol. The lowest BCUT2D eigenvalue weighted by molar-refractivity contribution is 0.303. The Labute approximate surface area is 107 Å². The molecule has 0 aliphatic carbocycles. The van der Waals surface area contributed by atoms with Crippen LogP contribution in [0.3, 0.4) is 0 Å². The van der Waals surface area contributed by atoms with E-state index in [-0.39, 0.29) is 6.04 Å². The zero-order chi connectivity index (χ0) is 13.3. The molecular formula is C14H18N4. The molecule has 0 amide bonds. The van der Waals surface area contributed by atoms with E-state index in [0.29, 0.717) is 6.54 Å². The van der Waals surface area contributed by atoms with E-state index >= 15 is 0 Å². The molecule has 1 aromatic carbocycles. The van der Waals surface area contributed by atoms with Crippen molar-refractivity contribution in [1.82, 2.24) is 14.5 Å². The minimum Gasteiger partial charge on any atom is -0.313 e. The van der Waals surface area contributed by atoms with Crippen LogP contribution in [0.4, 0.5) is 0 Å². The summed E-state index contributed by atoms with van der Waals surface area (Å²) in [6.07, 6.45) is 0. The molecule has 0 radical (unpaired) electrons. The van der Waals surface area contributed by atoms with Gasteiger partial charge in [-0.1, -0.05) is 6.07 Å². The van der Waals surface area contributed by atoms with E-state index in [1.54, 1.807) is 0 Å². The number of aromatic nitrogens is 2. The standard InChI is InChI=1S/C14H18N4/c1-10-5-6-13-12(9-10)16-14(11(2)17(3)4)18(13)8-7-15/h5-6,9,11H,8H2,1-4H3. The smallest absolute Gasteiger partial charge is 0.127 e. The van der Waals surface area contributed by atoms with Crippen molar-refractivity contribution in [2.24, 2.45) is 0 Å². The van der Waals surface area contributed by atoms with Crippen molar-refractivity contribution in [1.29, 1.82) is 5.26 Å². The van der Waals surface area contributed by atoms with Crippen molar-refractivity contribution in [2.75, 3.05) is 14.1 Å². The van der Waals surface area contributed by atoms with Crippen molar-refractivity contribution in [3.8, 4) is 6.07 Å². The molecule has 1 unspecified atom stereocenters. The van der Waals surface area contributed by atoms with Crippen LogP contribution in [0.2, 0.25) is 0 Å². The lowest BCUT2D eigenvalue weighted by atomic mass is 10.2. The Bertz CT molecular complexity index is 604. The molecule has 2 rings (SSSR count). The fraction of sp³-hybridized carbons (Fsp3) is 0.429. The molecule has 1 heterocycles. The lowest BCUT2D eigenvalue weighted by Crippen LogP contribution is -2.20. The summed E-state index contributed by atoms with van der Waals surface area (Å²) in [6, 6.07) is 8.57. The molecule has 4 heteroatoms. The Balaban J connectivity index is 2.65. The first-order chi connectivity index (χ1) is 8.54. The summed E-state index contributed by atoms with van der Waals surface area (Å²) in [6.45, 7) is 4.49. The second kappa shape index (κ2) is 4.79. The van der Waals surface area contributed by atoms with Crippen LogP contribution >= 0.6 is 0 Å². The fourth-order valence-corrected chi connectivity index (χ4v) is 2.05. The molecular weight excluding hydrogens is 224 g/mol. The molecule has 2 aromatic rings. The summed E-state index contributed by atoms with van der Waals surface area (Å²) >= 11 is 0. The van der Waals surface area contributed by atoms with Gasteiger partial charge >= 0.3 is 0 Å². The van der Waals surface area contributed by atoms with Crippen LogP contribution in [-0.4, -0.2) is 28.5 Å². The first kappa shape index (κ1) is 12.6. The number of nitrogens with zero attached hydrogens (tertiary/aromatic N) is 4. The number of hydrogen-bond donors (Lipinski definition) is 0. The van der Waals surface area contributed by atoms with E-state index in [9.17, 15) is 0 Å². The molecule has 0 bridgehead atoms. The molecule has 0 spiro atoms. The SMILES string of the molecule is Cc1ccc2c(c1)nc(C(C)N(C)C)n2CC#N. The van der Waals surface area contributed by atoms with Crippen LogP contribution in [0.15, 0.2) is 18.2 Å². The third-order valence-corrected chi connectivity index (χ3v) is 3.31. The van der Waals surface area contributed by atoms with Gasteiger partial charge < -0.3 is 4.57 Å². The second-order valence-electron chi connectivity index (χ2n) is 4.85. The molecule has 4 nitrogen and oxygen atoms in total. The Kier molecular flexibility index (Phi) is 3.35. The summed E-state index contributed by atoms with van der Waals surface area (Å²) in [7, 11) is 4.04. The Morgan fingerprint density at radius 1 is 1.44 bits per heavy atom. The van der Waals surface area contributed by atoms with Crippen molar-refractivity contribution in [3.05, 3.63) is 29.6 Å². The minimum absolute atomic E-state index is 0.186. The topological polar surface area (TPSA) is 44.9 Å². The molecule has 94 valence electrons. The van der Waals surface area contributed by atoms with Gasteiger partial charge in [-0.25, -0.2) is 4.98 Å². The number of imidazole rings is 1. The van der Waals surface area contributed by atoms with Gasteiger partial charge in [0, 0.05) is 0 Å². The first-order valence-corrected chi connectivity index (χ1v) is 6.04. The van der Waals surface area contributed by atoms with Gasteiger partial charge in [0.1, 0.15) is 12.4 Å². The number of benzene rings is 1. The van der Waals surface area contributed by atoms with Gasteiger partial charge in [-0.3, -0.25) is 4.90 Å². The Morgan fingerprint density at radius 2 is 2.17 bits per heavy atom. The van der Waals surface area contributed by atoms with E-state index in [1.807, 2.05) is 24.7 Å². The summed E-state index contributed by atoms with van der Waals surface area (Å²) in [4.78, 5) is 6.78. The fourth-order valence-electron chi connectivity index (χ4n) is 2.05. The molecule has 0 fully saturated rings. The van der Waals surface area contributed by atoms with Crippen LogP contribution in [-0.2, 0) is 6.54 Å². The molecule has 0 N–H and O–H groups in total. The quantitative estimate of drug-likeness (QED) is 0.830. The number of rotatable bonds is 3. The van der Waals surface area contributed by atoms with Crippen LogP contribution in [0.5, 0.6) is 0 Å². The van der Waals surface area contributed by atoms with E-state index in [4.69, 9.17) is 5.26 Å². The average molecular weight is 242 g/mol. The van der Waals surface area contributed by atoms with Crippen molar-refractivity contribution < 1.29 is 0 Å². The maximum Gasteiger partial charge on any atom is 0.127 e. The Morgan fingerprint density at radius 3 is 2.78 bits per heavy atom. The molecule has 0 saturated carbocycles. The highest BCUT2D eigenvalue weighted by Crippen LogP contribution is 2.23. The van der Waals surface area contributed by atoms with E-state index in [2.05, 4.69) is 41.9 Å². The monoisotopic (exact) mass is 242 g/mol. The van der Waals surface area contributed by atoms with E-state index in [0.717, 1.165) is 16.9 Å². The van der Waals surface area contributed by atoms with Gasteiger partial charge in [-0.2, -0.15) is 5.26 Å². The number of nitriles is 1. The molecule has 1 aromatic heterocycles. The van der Waals surface area contributed by atoms with Crippen molar-refractivity contribution in [3.63, 3.8) is 0 Å². The number of fused-ring (bicyclic) bond motifs is 1.